The molecule has 3 rings (SSSR count). The van der Waals surface area contributed by atoms with E-state index in [0.29, 0.717) is 0 Å². The van der Waals surface area contributed by atoms with Crippen LogP contribution in [-0.4, -0.2) is 4.98 Å². The van der Waals surface area contributed by atoms with E-state index in [9.17, 15) is 0 Å². The predicted molar refractivity (Wildman–Crippen MR) is 87.1 cm³/mol. The van der Waals surface area contributed by atoms with Gasteiger partial charge in [-0.3, -0.25) is 4.98 Å². The SMILES string of the molecule is CC1=Cc2nccc3cc(C(C)(C)C)cc(c23)C1(C)C. The molecule has 0 bridgehead atoms. The molecule has 1 aliphatic rings. The molecule has 0 N–H and O–H groups in total. The summed E-state index contributed by atoms with van der Waals surface area (Å²) in [5.74, 6) is 0. The first kappa shape index (κ1) is 13.4. The van der Waals surface area contributed by atoms with Gasteiger partial charge in [-0.25, -0.2) is 0 Å². The molecule has 1 aromatic heterocycles. The maximum Gasteiger partial charge on any atom is 0.0710 e. The summed E-state index contributed by atoms with van der Waals surface area (Å²) in [7, 11) is 0. The molecule has 0 unspecified atom stereocenters. The van der Waals surface area contributed by atoms with Crippen LogP contribution in [0.5, 0.6) is 0 Å². The van der Waals surface area contributed by atoms with Crippen molar-refractivity contribution >= 4 is 16.8 Å². The van der Waals surface area contributed by atoms with Crippen LogP contribution >= 0.6 is 0 Å². The number of aromatic nitrogens is 1. The van der Waals surface area contributed by atoms with Crippen LogP contribution in [0.1, 0.15) is 58.4 Å². The van der Waals surface area contributed by atoms with Gasteiger partial charge in [0.05, 0.1) is 5.69 Å². The third-order valence-electron chi connectivity index (χ3n) is 4.77. The summed E-state index contributed by atoms with van der Waals surface area (Å²) in [5.41, 5.74) is 5.57. The average molecular weight is 265 g/mol. The van der Waals surface area contributed by atoms with Crippen LogP contribution in [0.4, 0.5) is 0 Å². The van der Waals surface area contributed by atoms with Crippen molar-refractivity contribution in [1.82, 2.24) is 4.98 Å². The molecule has 20 heavy (non-hydrogen) atoms. The number of allylic oxidation sites excluding steroid dienone is 1. The summed E-state index contributed by atoms with van der Waals surface area (Å²) in [4.78, 5) is 4.57. The summed E-state index contributed by atoms with van der Waals surface area (Å²) >= 11 is 0. The third kappa shape index (κ3) is 1.80. The van der Waals surface area contributed by atoms with Gasteiger partial charge in [0.2, 0.25) is 0 Å². The highest BCUT2D eigenvalue weighted by atomic mass is 14.7. The quantitative estimate of drug-likeness (QED) is 0.636. The molecule has 0 spiro atoms. The first-order chi connectivity index (χ1) is 9.21. The number of nitrogens with zero attached hydrogens (tertiary/aromatic N) is 1. The molecule has 0 saturated carbocycles. The molecule has 0 amide bonds. The second-order valence-electron chi connectivity index (χ2n) is 7.52. The lowest BCUT2D eigenvalue weighted by Crippen LogP contribution is -2.24. The predicted octanol–water partition coefficient (Wildman–Crippen LogP) is 5.23. The van der Waals surface area contributed by atoms with Crippen LogP contribution < -0.4 is 0 Å². The maximum atomic E-state index is 4.57. The van der Waals surface area contributed by atoms with Crippen molar-refractivity contribution in [3.63, 3.8) is 0 Å². The highest BCUT2D eigenvalue weighted by Gasteiger charge is 2.31. The molecule has 0 saturated heterocycles. The normalized spacial score (nSPS) is 17.2. The molecule has 1 aliphatic carbocycles. The minimum Gasteiger partial charge on any atom is -0.256 e. The number of benzene rings is 1. The van der Waals surface area contributed by atoms with Gasteiger partial charge in [0.25, 0.3) is 0 Å². The molecule has 1 aromatic carbocycles. The van der Waals surface area contributed by atoms with Crippen molar-refractivity contribution in [2.24, 2.45) is 0 Å². The minimum atomic E-state index is 0.0789. The number of hydrogen-bond acceptors (Lipinski definition) is 1. The number of pyridine rings is 1. The van der Waals surface area contributed by atoms with Gasteiger partial charge in [-0.05, 0) is 41.0 Å². The molecule has 2 aromatic rings. The van der Waals surface area contributed by atoms with E-state index < -0.39 is 0 Å². The summed E-state index contributed by atoms with van der Waals surface area (Å²) in [6.07, 6.45) is 4.17. The highest BCUT2D eigenvalue weighted by molar-refractivity contribution is 5.96. The average Bonchev–Trinajstić information content (AvgIpc) is 2.35. The molecule has 1 nitrogen and oxygen atoms in total. The van der Waals surface area contributed by atoms with E-state index in [1.54, 1.807) is 0 Å². The summed E-state index contributed by atoms with van der Waals surface area (Å²) in [6, 6.07) is 6.86. The molecular weight excluding hydrogens is 242 g/mol. The Hall–Kier alpha value is -1.63. The Balaban J connectivity index is 2.45. The van der Waals surface area contributed by atoms with Gasteiger partial charge in [-0.1, -0.05) is 52.3 Å². The Kier molecular flexibility index (Phi) is 2.63. The van der Waals surface area contributed by atoms with Crippen LogP contribution in [-0.2, 0) is 10.8 Å². The van der Waals surface area contributed by atoms with E-state index in [-0.39, 0.29) is 10.8 Å². The van der Waals surface area contributed by atoms with Gasteiger partial charge in [0.15, 0.2) is 0 Å². The Labute approximate surface area is 121 Å². The van der Waals surface area contributed by atoms with E-state index in [1.807, 2.05) is 6.20 Å². The topological polar surface area (TPSA) is 12.9 Å². The van der Waals surface area contributed by atoms with Crippen LogP contribution in [0, 0.1) is 0 Å². The minimum absolute atomic E-state index is 0.0789. The number of hydrogen-bond donors (Lipinski definition) is 0. The zero-order valence-electron chi connectivity index (χ0n) is 13.3. The molecule has 0 atom stereocenters. The summed E-state index contributed by atoms with van der Waals surface area (Å²) < 4.78 is 0. The van der Waals surface area contributed by atoms with Gasteiger partial charge >= 0.3 is 0 Å². The van der Waals surface area contributed by atoms with E-state index in [2.05, 4.69) is 70.8 Å². The fraction of sp³-hybridized carbons (Fsp3) is 0.421. The molecule has 0 aliphatic heterocycles. The monoisotopic (exact) mass is 265 g/mol. The van der Waals surface area contributed by atoms with Crippen molar-refractivity contribution in [2.45, 2.75) is 52.4 Å². The van der Waals surface area contributed by atoms with Crippen LogP contribution in [0.15, 0.2) is 30.0 Å². The highest BCUT2D eigenvalue weighted by Crippen LogP contribution is 2.43. The lowest BCUT2D eigenvalue weighted by atomic mass is 9.70. The van der Waals surface area contributed by atoms with Crippen LogP contribution in [0.2, 0.25) is 0 Å². The molecule has 0 fully saturated rings. The summed E-state index contributed by atoms with van der Waals surface area (Å²) in [6.45, 7) is 13.7. The molecule has 1 heterocycles. The van der Waals surface area contributed by atoms with Gasteiger partial charge < -0.3 is 0 Å². The first-order valence-electron chi connectivity index (χ1n) is 7.34. The van der Waals surface area contributed by atoms with Crippen LogP contribution in [0.3, 0.4) is 0 Å². The maximum absolute atomic E-state index is 4.57. The Bertz CT molecular complexity index is 727. The second-order valence-corrected chi connectivity index (χ2v) is 7.52. The van der Waals surface area contributed by atoms with Crippen molar-refractivity contribution in [1.29, 1.82) is 0 Å². The van der Waals surface area contributed by atoms with Crippen LogP contribution in [0.25, 0.3) is 16.8 Å². The smallest absolute Gasteiger partial charge is 0.0710 e. The molecular formula is C19H23N. The van der Waals surface area contributed by atoms with Gasteiger partial charge in [-0.2, -0.15) is 0 Å². The van der Waals surface area contributed by atoms with Crippen molar-refractivity contribution in [2.75, 3.05) is 0 Å². The van der Waals surface area contributed by atoms with Gasteiger partial charge in [0, 0.05) is 17.0 Å². The lowest BCUT2D eigenvalue weighted by Gasteiger charge is -2.34. The molecule has 0 radical (unpaired) electrons. The molecule has 1 heteroatoms. The third-order valence-corrected chi connectivity index (χ3v) is 4.77. The van der Waals surface area contributed by atoms with Crippen molar-refractivity contribution < 1.29 is 0 Å². The number of rotatable bonds is 0. The van der Waals surface area contributed by atoms with E-state index in [0.717, 1.165) is 5.69 Å². The first-order valence-corrected chi connectivity index (χ1v) is 7.34. The zero-order chi connectivity index (χ0) is 14.7. The standard InChI is InChI=1S/C19H23N/c1-12-9-16-17-13(7-8-20-16)10-14(18(2,3)4)11-15(17)19(12,5)6/h7-11H,1-6H3. The van der Waals surface area contributed by atoms with Crippen molar-refractivity contribution in [3.05, 3.63) is 46.8 Å². The Morgan fingerprint density at radius 3 is 2.45 bits per heavy atom. The fourth-order valence-corrected chi connectivity index (χ4v) is 2.98. The van der Waals surface area contributed by atoms with E-state index >= 15 is 0 Å². The van der Waals surface area contributed by atoms with Gasteiger partial charge in [0.1, 0.15) is 0 Å². The Morgan fingerprint density at radius 1 is 1.10 bits per heavy atom. The summed E-state index contributed by atoms with van der Waals surface area (Å²) in [5, 5.41) is 2.64. The van der Waals surface area contributed by atoms with Gasteiger partial charge in [-0.15, -0.1) is 0 Å². The largest absolute Gasteiger partial charge is 0.256 e. The second kappa shape index (κ2) is 3.94. The Morgan fingerprint density at radius 2 is 1.80 bits per heavy atom. The fourth-order valence-electron chi connectivity index (χ4n) is 2.98. The lowest BCUT2D eigenvalue weighted by molar-refractivity contribution is 0.582. The molecule has 104 valence electrons. The van der Waals surface area contributed by atoms with Crippen molar-refractivity contribution in [3.8, 4) is 0 Å². The van der Waals surface area contributed by atoms with E-state index in [1.165, 1.54) is 27.5 Å². The van der Waals surface area contributed by atoms with E-state index in [4.69, 9.17) is 0 Å². The zero-order valence-corrected chi connectivity index (χ0v) is 13.3.